The van der Waals surface area contributed by atoms with Crippen LogP contribution in [0.1, 0.15) is 26.3 Å². The fourth-order valence-corrected chi connectivity index (χ4v) is 1.57. The molecule has 3 nitrogen and oxygen atoms in total. The Morgan fingerprint density at radius 2 is 2.42 bits per heavy atom. The van der Waals surface area contributed by atoms with Gasteiger partial charge in [0.15, 0.2) is 0 Å². The molecular weight excluding hydrogens is 150 g/mol. The molecule has 64 valence electrons. The first-order chi connectivity index (χ1) is 5.79. The Bertz CT molecular complexity index is 298. The normalized spacial score (nSPS) is 21.4. The first-order valence-electron chi connectivity index (χ1n) is 4.35. The molecular formula is C9H13N3. The highest BCUT2D eigenvalue weighted by Gasteiger charge is 2.20. The molecule has 3 heteroatoms. The maximum Gasteiger partial charge on any atom is 0.150 e. The first kappa shape index (κ1) is 7.53. The summed E-state index contributed by atoms with van der Waals surface area (Å²) in [6.07, 6.45) is 4.81. The van der Waals surface area contributed by atoms with Crippen LogP contribution in [0.3, 0.4) is 0 Å². The van der Waals surface area contributed by atoms with Crippen LogP contribution in [0.4, 0.5) is 5.82 Å². The number of fused-ring (bicyclic) bond motifs is 1. The second-order valence-corrected chi connectivity index (χ2v) is 3.49. The zero-order chi connectivity index (χ0) is 8.55. The lowest BCUT2D eigenvalue weighted by Crippen LogP contribution is -2.19. The smallest absolute Gasteiger partial charge is 0.150 e. The van der Waals surface area contributed by atoms with E-state index < -0.39 is 0 Å². The summed E-state index contributed by atoms with van der Waals surface area (Å²) < 4.78 is 2.02. The molecule has 2 heterocycles. The molecule has 0 saturated carbocycles. The van der Waals surface area contributed by atoms with E-state index in [1.54, 1.807) is 0 Å². The van der Waals surface area contributed by atoms with Crippen molar-refractivity contribution in [2.24, 2.45) is 10.9 Å². The van der Waals surface area contributed by atoms with Crippen LogP contribution in [0.5, 0.6) is 0 Å². The van der Waals surface area contributed by atoms with Gasteiger partial charge in [0.1, 0.15) is 5.82 Å². The van der Waals surface area contributed by atoms with Gasteiger partial charge in [0.25, 0.3) is 0 Å². The molecule has 2 rings (SSSR count). The van der Waals surface area contributed by atoms with Gasteiger partial charge >= 0.3 is 0 Å². The van der Waals surface area contributed by atoms with E-state index in [-0.39, 0.29) is 0 Å². The largest absolute Gasteiger partial charge is 0.244 e. The number of rotatable bonds is 1. The van der Waals surface area contributed by atoms with Gasteiger partial charge in [-0.25, -0.2) is 9.67 Å². The minimum absolute atomic E-state index is 0.493. The molecule has 0 amide bonds. The molecule has 1 aliphatic heterocycles. The van der Waals surface area contributed by atoms with Crippen LogP contribution in [-0.2, 0) is 0 Å². The van der Waals surface area contributed by atoms with E-state index in [1.807, 2.05) is 23.2 Å². The molecule has 0 fully saturated rings. The minimum atomic E-state index is 0.493. The first-order valence-corrected chi connectivity index (χ1v) is 4.35. The monoisotopic (exact) mass is 163 g/mol. The lowest BCUT2D eigenvalue weighted by Gasteiger charge is -2.23. The summed E-state index contributed by atoms with van der Waals surface area (Å²) >= 11 is 0. The average Bonchev–Trinajstić information content (AvgIpc) is 2.49. The van der Waals surface area contributed by atoms with E-state index in [9.17, 15) is 0 Å². The summed E-state index contributed by atoms with van der Waals surface area (Å²) in [7, 11) is 0. The number of hydrogen-bond acceptors (Lipinski definition) is 2. The molecule has 1 aliphatic rings. The molecule has 0 radical (unpaired) electrons. The number of aliphatic imine (C=N–C) groups is 1. The molecule has 0 saturated heterocycles. The predicted molar refractivity (Wildman–Crippen MR) is 48.9 cm³/mol. The second-order valence-electron chi connectivity index (χ2n) is 3.49. The van der Waals surface area contributed by atoms with Gasteiger partial charge in [-0.05, 0) is 5.92 Å². The van der Waals surface area contributed by atoms with Crippen LogP contribution in [0.15, 0.2) is 17.3 Å². The van der Waals surface area contributed by atoms with Crippen LogP contribution >= 0.6 is 0 Å². The van der Waals surface area contributed by atoms with E-state index in [2.05, 4.69) is 23.9 Å². The third-order valence-electron chi connectivity index (χ3n) is 2.30. The van der Waals surface area contributed by atoms with Crippen LogP contribution < -0.4 is 0 Å². The van der Waals surface area contributed by atoms with Crippen LogP contribution in [0, 0.1) is 5.92 Å². The summed E-state index contributed by atoms with van der Waals surface area (Å²) in [5, 5.41) is 4.26. The highest BCUT2D eigenvalue weighted by atomic mass is 15.3. The van der Waals surface area contributed by atoms with Gasteiger partial charge in [0.2, 0.25) is 0 Å². The summed E-state index contributed by atoms with van der Waals surface area (Å²) in [4.78, 5) is 4.26. The van der Waals surface area contributed by atoms with E-state index in [1.165, 1.54) is 0 Å². The third-order valence-corrected chi connectivity index (χ3v) is 2.30. The van der Waals surface area contributed by atoms with Gasteiger partial charge in [-0.3, -0.25) is 0 Å². The number of hydrogen-bond donors (Lipinski definition) is 0. The van der Waals surface area contributed by atoms with E-state index in [0.29, 0.717) is 12.0 Å². The Hall–Kier alpha value is -1.12. The lowest BCUT2D eigenvalue weighted by molar-refractivity contribution is 0.356. The molecule has 0 unspecified atom stereocenters. The molecule has 0 spiro atoms. The summed E-state index contributed by atoms with van der Waals surface area (Å²) in [5.74, 6) is 1.61. The molecule has 1 aromatic heterocycles. The van der Waals surface area contributed by atoms with E-state index >= 15 is 0 Å². The van der Waals surface area contributed by atoms with Crippen molar-refractivity contribution in [1.29, 1.82) is 0 Å². The van der Waals surface area contributed by atoms with Crippen LogP contribution in [0.2, 0.25) is 0 Å². The quantitative estimate of drug-likeness (QED) is 0.624. The highest BCUT2D eigenvalue weighted by Crippen LogP contribution is 2.28. The maximum absolute atomic E-state index is 4.26. The average molecular weight is 163 g/mol. The van der Waals surface area contributed by atoms with Gasteiger partial charge in [-0.15, -0.1) is 0 Å². The topological polar surface area (TPSA) is 30.2 Å². The summed E-state index contributed by atoms with van der Waals surface area (Å²) in [6.45, 7) is 4.44. The zero-order valence-electron chi connectivity index (χ0n) is 7.44. The minimum Gasteiger partial charge on any atom is -0.244 e. The fourth-order valence-electron chi connectivity index (χ4n) is 1.57. The Labute approximate surface area is 72.1 Å². The molecule has 1 aromatic rings. The molecule has 0 aromatic carbocycles. The molecule has 1 atom stereocenters. The van der Waals surface area contributed by atoms with E-state index in [4.69, 9.17) is 0 Å². The summed E-state index contributed by atoms with van der Waals surface area (Å²) in [6, 6.07) is 2.44. The SMILES string of the molecule is CC(C)[C@H]1CC=Nc2ccnn21. The lowest BCUT2D eigenvalue weighted by atomic mass is 10.0. The standard InChI is InChI=1S/C9H13N3/c1-7(2)8-3-5-10-9-4-6-11-12(8)9/h4-8H,3H2,1-2H3/t8-/m1/s1. The fraction of sp³-hybridized carbons (Fsp3) is 0.556. The highest BCUT2D eigenvalue weighted by molar-refractivity contribution is 5.64. The van der Waals surface area contributed by atoms with Crippen molar-refractivity contribution in [2.75, 3.05) is 0 Å². The molecule has 0 N–H and O–H groups in total. The van der Waals surface area contributed by atoms with Crippen molar-refractivity contribution in [1.82, 2.24) is 9.78 Å². The number of nitrogens with zero attached hydrogens (tertiary/aromatic N) is 3. The van der Waals surface area contributed by atoms with Crippen molar-refractivity contribution >= 4 is 12.0 Å². The van der Waals surface area contributed by atoms with Gasteiger partial charge < -0.3 is 0 Å². The molecule has 0 aliphatic carbocycles. The Kier molecular flexibility index (Phi) is 1.71. The Balaban J connectivity index is 2.38. The summed E-state index contributed by atoms with van der Waals surface area (Å²) in [5.41, 5.74) is 0. The second kappa shape index (κ2) is 2.73. The van der Waals surface area contributed by atoms with E-state index in [0.717, 1.165) is 12.2 Å². The Morgan fingerprint density at radius 3 is 3.17 bits per heavy atom. The van der Waals surface area contributed by atoms with Gasteiger partial charge in [-0.1, -0.05) is 13.8 Å². The molecule has 12 heavy (non-hydrogen) atoms. The van der Waals surface area contributed by atoms with Crippen molar-refractivity contribution in [3.05, 3.63) is 12.3 Å². The van der Waals surface area contributed by atoms with Crippen molar-refractivity contribution < 1.29 is 0 Å². The number of aromatic nitrogens is 2. The van der Waals surface area contributed by atoms with Crippen LogP contribution in [0.25, 0.3) is 0 Å². The van der Waals surface area contributed by atoms with Gasteiger partial charge in [0, 0.05) is 18.7 Å². The third kappa shape index (κ3) is 1.05. The van der Waals surface area contributed by atoms with Crippen LogP contribution in [-0.4, -0.2) is 16.0 Å². The van der Waals surface area contributed by atoms with Crippen molar-refractivity contribution in [3.63, 3.8) is 0 Å². The van der Waals surface area contributed by atoms with Gasteiger partial charge in [-0.2, -0.15) is 5.10 Å². The van der Waals surface area contributed by atoms with Crippen molar-refractivity contribution in [2.45, 2.75) is 26.3 Å². The van der Waals surface area contributed by atoms with Crippen molar-refractivity contribution in [3.8, 4) is 0 Å². The van der Waals surface area contributed by atoms with Gasteiger partial charge in [0.05, 0.1) is 12.2 Å². The Morgan fingerprint density at radius 1 is 1.58 bits per heavy atom. The predicted octanol–water partition coefficient (Wildman–Crippen LogP) is 2.19. The molecule has 0 bridgehead atoms. The maximum atomic E-state index is 4.26. The zero-order valence-corrected chi connectivity index (χ0v) is 7.44.